The van der Waals surface area contributed by atoms with Crippen LogP contribution in [0.5, 0.6) is 0 Å². The molecule has 0 spiro atoms. The molecule has 0 bridgehead atoms. The highest BCUT2D eigenvalue weighted by Gasteiger charge is 2.23. The lowest BCUT2D eigenvalue weighted by atomic mass is 9.84. The Balaban J connectivity index is 2.11. The molecular formula is C16H20N2. The van der Waals surface area contributed by atoms with Crippen LogP contribution in [0, 0.1) is 0 Å². The Morgan fingerprint density at radius 1 is 1.00 bits per heavy atom. The second-order valence-corrected chi connectivity index (χ2v) is 4.92. The predicted octanol–water partition coefficient (Wildman–Crippen LogP) is 2.97. The van der Waals surface area contributed by atoms with Crippen molar-refractivity contribution in [3.63, 3.8) is 0 Å². The molecule has 1 aromatic carbocycles. The highest BCUT2D eigenvalue weighted by Crippen LogP contribution is 2.19. The maximum Gasteiger partial charge on any atom is 0.0300 e. The molecule has 0 radical (unpaired) electrons. The number of benzene rings is 1. The van der Waals surface area contributed by atoms with E-state index in [-0.39, 0.29) is 5.54 Å². The number of aromatic nitrogens is 1. The van der Waals surface area contributed by atoms with E-state index >= 15 is 0 Å². The van der Waals surface area contributed by atoms with Gasteiger partial charge in [0.25, 0.3) is 0 Å². The molecule has 2 aromatic rings. The fraction of sp³-hybridized carbons (Fsp3) is 0.312. The minimum Gasteiger partial charge on any atom is -0.325 e. The van der Waals surface area contributed by atoms with Gasteiger partial charge in [0.1, 0.15) is 0 Å². The Labute approximate surface area is 109 Å². The molecule has 1 aromatic heterocycles. The summed E-state index contributed by atoms with van der Waals surface area (Å²) in [4.78, 5) is 4.15. The van der Waals surface area contributed by atoms with Crippen LogP contribution in [0.15, 0.2) is 54.9 Å². The zero-order valence-electron chi connectivity index (χ0n) is 10.8. The van der Waals surface area contributed by atoms with Crippen molar-refractivity contribution >= 4 is 0 Å². The van der Waals surface area contributed by atoms with E-state index in [2.05, 4.69) is 42.2 Å². The number of nitrogens with zero attached hydrogens (tertiary/aromatic N) is 1. The van der Waals surface area contributed by atoms with Gasteiger partial charge in [-0.15, -0.1) is 0 Å². The number of rotatable bonds is 5. The number of hydrogen-bond donors (Lipinski definition) is 1. The van der Waals surface area contributed by atoms with Crippen LogP contribution in [0.25, 0.3) is 0 Å². The Morgan fingerprint density at radius 2 is 1.67 bits per heavy atom. The van der Waals surface area contributed by atoms with Gasteiger partial charge in [-0.1, -0.05) is 43.3 Å². The van der Waals surface area contributed by atoms with Crippen LogP contribution in [0.3, 0.4) is 0 Å². The minimum atomic E-state index is -0.190. The summed E-state index contributed by atoms with van der Waals surface area (Å²) in [6.07, 6.45) is 6.43. The molecule has 2 nitrogen and oxygen atoms in total. The molecule has 0 aliphatic rings. The van der Waals surface area contributed by atoms with Gasteiger partial charge in [0, 0.05) is 17.9 Å². The molecule has 2 rings (SSSR count). The largest absolute Gasteiger partial charge is 0.325 e. The van der Waals surface area contributed by atoms with Crippen molar-refractivity contribution in [3.05, 3.63) is 66.0 Å². The maximum atomic E-state index is 6.53. The van der Waals surface area contributed by atoms with Gasteiger partial charge in [0.2, 0.25) is 0 Å². The second-order valence-electron chi connectivity index (χ2n) is 4.92. The van der Waals surface area contributed by atoms with Crippen molar-refractivity contribution in [2.24, 2.45) is 5.73 Å². The first-order valence-electron chi connectivity index (χ1n) is 6.43. The van der Waals surface area contributed by atoms with E-state index in [1.54, 1.807) is 6.20 Å². The van der Waals surface area contributed by atoms with Crippen molar-refractivity contribution in [2.45, 2.75) is 31.7 Å². The lowest BCUT2D eigenvalue weighted by Crippen LogP contribution is -2.43. The summed E-state index contributed by atoms with van der Waals surface area (Å²) in [5.41, 5.74) is 8.85. The third kappa shape index (κ3) is 3.41. The van der Waals surface area contributed by atoms with Gasteiger partial charge < -0.3 is 5.73 Å². The predicted molar refractivity (Wildman–Crippen MR) is 75.3 cm³/mol. The van der Waals surface area contributed by atoms with E-state index < -0.39 is 0 Å². The standard InChI is InChI=1S/C16H20N2/c1-2-16(17,11-14-7-4-3-5-8-14)12-15-9-6-10-18-13-15/h3-10,13H,2,11-12,17H2,1H3. The summed E-state index contributed by atoms with van der Waals surface area (Å²) in [6.45, 7) is 2.15. The fourth-order valence-corrected chi connectivity index (χ4v) is 2.22. The van der Waals surface area contributed by atoms with Crippen molar-refractivity contribution < 1.29 is 0 Å². The molecule has 0 saturated carbocycles. The third-order valence-corrected chi connectivity index (χ3v) is 3.38. The molecule has 0 fully saturated rings. The van der Waals surface area contributed by atoms with Crippen LogP contribution < -0.4 is 5.73 Å². The number of pyridine rings is 1. The molecule has 1 heterocycles. The minimum absolute atomic E-state index is 0.190. The Kier molecular flexibility index (Phi) is 4.11. The van der Waals surface area contributed by atoms with Crippen LogP contribution in [0.2, 0.25) is 0 Å². The SMILES string of the molecule is CCC(N)(Cc1ccccc1)Cc1cccnc1. The quantitative estimate of drug-likeness (QED) is 0.872. The molecule has 18 heavy (non-hydrogen) atoms. The van der Waals surface area contributed by atoms with Crippen molar-refractivity contribution in [1.82, 2.24) is 4.98 Å². The summed E-state index contributed by atoms with van der Waals surface area (Å²) in [6, 6.07) is 14.5. The monoisotopic (exact) mass is 240 g/mol. The van der Waals surface area contributed by atoms with Gasteiger partial charge in [-0.05, 0) is 36.5 Å². The van der Waals surface area contributed by atoms with E-state index in [4.69, 9.17) is 5.73 Å². The highest BCUT2D eigenvalue weighted by molar-refractivity contribution is 5.20. The number of hydrogen-bond acceptors (Lipinski definition) is 2. The van der Waals surface area contributed by atoms with Gasteiger partial charge >= 0.3 is 0 Å². The van der Waals surface area contributed by atoms with Crippen LogP contribution in [-0.4, -0.2) is 10.5 Å². The normalized spacial score (nSPS) is 14.1. The molecule has 2 heteroatoms. The smallest absolute Gasteiger partial charge is 0.0300 e. The molecule has 0 aliphatic carbocycles. The first kappa shape index (κ1) is 12.8. The van der Waals surface area contributed by atoms with Crippen LogP contribution in [0.1, 0.15) is 24.5 Å². The maximum absolute atomic E-state index is 6.53. The van der Waals surface area contributed by atoms with E-state index in [0.717, 1.165) is 19.3 Å². The van der Waals surface area contributed by atoms with Gasteiger partial charge in [0.15, 0.2) is 0 Å². The van der Waals surface area contributed by atoms with E-state index in [9.17, 15) is 0 Å². The number of nitrogens with two attached hydrogens (primary N) is 1. The Hall–Kier alpha value is -1.67. The summed E-state index contributed by atoms with van der Waals surface area (Å²) >= 11 is 0. The zero-order valence-corrected chi connectivity index (χ0v) is 10.8. The first-order valence-corrected chi connectivity index (χ1v) is 6.43. The lowest BCUT2D eigenvalue weighted by Gasteiger charge is -2.28. The molecule has 1 unspecified atom stereocenters. The molecule has 2 N–H and O–H groups in total. The van der Waals surface area contributed by atoms with Gasteiger partial charge in [-0.2, -0.15) is 0 Å². The van der Waals surface area contributed by atoms with E-state index in [1.807, 2.05) is 18.3 Å². The first-order chi connectivity index (χ1) is 8.72. The van der Waals surface area contributed by atoms with Crippen molar-refractivity contribution in [3.8, 4) is 0 Å². The van der Waals surface area contributed by atoms with Gasteiger partial charge in [-0.3, -0.25) is 4.98 Å². The molecule has 94 valence electrons. The average Bonchev–Trinajstić information content (AvgIpc) is 2.41. The Bertz CT molecular complexity index is 423. The highest BCUT2D eigenvalue weighted by atomic mass is 14.7. The van der Waals surface area contributed by atoms with Gasteiger partial charge in [-0.25, -0.2) is 0 Å². The second kappa shape index (κ2) is 5.78. The molecular weight excluding hydrogens is 220 g/mol. The average molecular weight is 240 g/mol. The summed E-state index contributed by atoms with van der Waals surface area (Å²) in [5, 5.41) is 0. The van der Waals surface area contributed by atoms with Crippen LogP contribution in [0.4, 0.5) is 0 Å². The van der Waals surface area contributed by atoms with Crippen molar-refractivity contribution in [1.29, 1.82) is 0 Å². The van der Waals surface area contributed by atoms with E-state index in [0.29, 0.717) is 0 Å². The van der Waals surface area contributed by atoms with Crippen molar-refractivity contribution in [2.75, 3.05) is 0 Å². The van der Waals surface area contributed by atoms with Crippen LogP contribution >= 0.6 is 0 Å². The summed E-state index contributed by atoms with van der Waals surface area (Å²) in [7, 11) is 0. The van der Waals surface area contributed by atoms with E-state index in [1.165, 1.54) is 11.1 Å². The summed E-state index contributed by atoms with van der Waals surface area (Å²) < 4.78 is 0. The molecule has 0 amide bonds. The summed E-state index contributed by atoms with van der Waals surface area (Å²) in [5.74, 6) is 0. The zero-order chi connectivity index (χ0) is 12.8. The third-order valence-electron chi connectivity index (χ3n) is 3.38. The molecule has 0 aliphatic heterocycles. The lowest BCUT2D eigenvalue weighted by molar-refractivity contribution is 0.404. The van der Waals surface area contributed by atoms with Crippen LogP contribution in [-0.2, 0) is 12.8 Å². The molecule has 1 atom stereocenters. The molecule has 0 saturated heterocycles. The Morgan fingerprint density at radius 3 is 2.28 bits per heavy atom. The fourth-order valence-electron chi connectivity index (χ4n) is 2.22. The topological polar surface area (TPSA) is 38.9 Å². The van der Waals surface area contributed by atoms with Gasteiger partial charge in [0.05, 0.1) is 0 Å².